The van der Waals surface area contributed by atoms with Crippen molar-refractivity contribution in [1.29, 1.82) is 0 Å². The Balaban J connectivity index is 2.02. The molecule has 0 aliphatic heterocycles. The average Bonchev–Trinajstić information content (AvgIpc) is 3.42. The van der Waals surface area contributed by atoms with Gasteiger partial charge in [-0.15, -0.1) is 0 Å². The number of fused-ring (bicyclic) bond motifs is 1. The summed E-state index contributed by atoms with van der Waals surface area (Å²) in [5.41, 5.74) is 4.13. The topological polar surface area (TPSA) is 57.0 Å². The Kier molecular flexibility index (Phi) is 3.99. The Morgan fingerprint density at radius 1 is 1.24 bits per heavy atom. The highest BCUT2D eigenvalue weighted by Gasteiger charge is 2.32. The summed E-state index contributed by atoms with van der Waals surface area (Å²) in [6, 6.07) is 11.8. The average molecular weight is 335 g/mol. The number of esters is 1. The van der Waals surface area contributed by atoms with E-state index in [0.29, 0.717) is 18.1 Å². The molecule has 0 unspecified atom stereocenters. The number of carbonyl (C=O) groups is 1. The number of carbonyl (C=O) groups excluding carboxylic acids is 1. The Labute approximate surface area is 146 Å². The summed E-state index contributed by atoms with van der Waals surface area (Å²) in [6.07, 6.45) is 2.97. The van der Waals surface area contributed by atoms with Gasteiger partial charge in [0.2, 0.25) is 0 Å². The van der Waals surface area contributed by atoms with E-state index >= 15 is 0 Å². The van der Waals surface area contributed by atoms with E-state index in [1.807, 2.05) is 54.9 Å². The van der Waals surface area contributed by atoms with Gasteiger partial charge in [-0.3, -0.25) is 0 Å². The van der Waals surface area contributed by atoms with Crippen molar-refractivity contribution in [2.75, 3.05) is 6.61 Å². The molecule has 128 valence electrons. The predicted octanol–water partition coefficient (Wildman–Crippen LogP) is 4.04. The Bertz CT molecular complexity index is 927. The summed E-state index contributed by atoms with van der Waals surface area (Å²) in [5, 5.41) is 5.70. The molecule has 0 bridgehead atoms. The zero-order valence-corrected chi connectivity index (χ0v) is 14.5. The number of aryl methyl sites for hydroxylation is 1. The van der Waals surface area contributed by atoms with Crippen molar-refractivity contribution in [2.45, 2.75) is 39.0 Å². The van der Waals surface area contributed by atoms with Crippen molar-refractivity contribution >= 4 is 17.0 Å². The van der Waals surface area contributed by atoms with Crippen LogP contribution in [0, 0.1) is 0 Å². The van der Waals surface area contributed by atoms with Gasteiger partial charge in [-0.1, -0.05) is 25.1 Å². The number of hydrogen-bond acceptors (Lipinski definition) is 4. The Morgan fingerprint density at radius 3 is 2.64 bits per heavy atom. The Morgan fingerprint density at radius 2 is 2.00 bits per heavy atom. The lowest BCUT2D eigenvalue weighted by atomic mass is 10.1. The van der Waals surface area contributed by atoms with Crippen LogP contribution in [0.3, 0.4) is 0 Å². The minimum atomic E-state index is -0.292. The van der Waals surface area contributed by atoms with Crippen LogP contribution in [-0.2, 0) is 11.2 Å². The van der Waals surface area contributed by atoms with E-state index in [4.69, 9.17) is 14.8 Å². The molecule has 1 aliphatic carbocycles. The van der Waals surface area contributed by atoms with Crippen molar-refractivity contribution in [2.24, 2.45) is 0 Å². The molecule has 1 saturated carbocycles. The summed E-state index contributed by atoms with van der Waals surface area (Å²) in [4.78, 5) is 17.4. The van der Waals surface area contributed by atoms with Gasteiger partial charge in [-0.2, -0.15) is 5.10 Å². The third-order valence-corrected chi connectivity index (χ3v) is 4.54. The number of hydrogen-bond donors (Lipinski definition) is 0. The maximum Gasteiger partial charge on any atom is 0.339 e. The lowest BCUT2D eigenvalue weighted by Gasteiger charge is -2.08. The maximum absolute atomic E-state index is 12.6. The first kappa shape index (κ1) is 15.8. The largest absolute Gasteiger partial charge is 0.462 e. The van der Waals surface area contributed by atoms with Gasteiger partial charge in [0, 0.05) is 11.6 Å². The normalized spacial score (nSPS) is 14.0. The lowest BCUT2D eigenvalue weighted by Crippen LogP contribution is -2.08. The standard InChI is InChI=1S/C20H21N3O2/c1-3-14-12-16(20(24)25-4-2)17-18(13-10-11-13)22-23(19(17)21-14)15-8-6-5-7-9-15/h5-9,12-13H,3-4,10-11H2,1-2H3. The molecule has 0 atom stereocenters. The highest BCUT2D eigenvalue weighted by atomic mass is 16.5. The monoisotopic (exact) mass is 335 g/mol. The molecule has 0 spiro atoms. The first-order valence-corrected chi connectivity index (χ1v) is 8.88. The second-order valence-electron chi connectivity index (χ2n) is 6.34. The third-order valence-electron chi connectivity index (χ3n) is 4.54. The molecule has 25 heavy (non-hydrogen) atoms. The molecule has 0 radical (unpaired) electrons. The van der Waals surface area contributed by atoms with Crippen LogP contribution in [0.15, 0.2) is 36.4 Å². The summed E-state index contributed by atoms with van der Waals surface area (Å²) >= 11 is 0. The fourth-order valence-electron chi connectivity index (χ4n) is 3.14. The third kappa shape index (κ3) is 2.80. The van der Waals surface area contributed by atoms with Crippen molar-refractivity contribution in [1.82, 2.24) is 14.8 Å². The van der Waals surface area contributed by atoms with Crippen LogP contribution in [0.1, 0.15) is 54.4 Å². The number of benzene rings is 1. The van der Waals surface area contributed by atoms with Crippen LogP contribution in [-0.4, -0.2) is 27.3 Å². The second-order valence-corrected chi connectivity index (χ2v) is 6.34. The van der Waals surface area contributed by atoms with Gasteiger partial charge < -0.3 is 4.74 Å². The molecular formula is C20H21N3O2. The molecule has 5 heteroatoms. The number of nitrogens with zero attached hydrogens (tertiary/aromatic N) is 3. The minimum Gasteiger partial charge on any atom is -0.462 e. The first-order chi connectivity index (χ1) is 12.2. The van der Waals surface area contributed by atoms with Crippen molar-refractivity contribution in [3.63, 3.8) is 0 Å². The number of pyridine rings is 1. The van der Waals surface area contributed by atoms with Crippen molar-refractivity contribution in [3.05, 3.63) is 53.3 Å². The number of ether oxygens (including phenoxy) is 1. The van der Waals surface area contributed by atoms with E-state index in [9.17, 15) is 4.79 Å². The maximum atomic E-state index is 12.6. The van der Waals surface area contributed by atoms with Gasteiger partial charge in [0.1, 0.15) is 0 Å². The van der Waals surface area contributed by atoms with E-state index in [1.165, 1.54) is 0 Å². The van der Waals surface area contributed by atoms with E-state index < -0.39 is 0 Å². The first-order valence-electron chi connectivity index (χ1n) is 8.88. The van der Waals surface area contributed by atoms with Crippen LogP contribution in [0.5, 0.6) is 0 Å². The molecule has 1 aliphatic rings. The molecular weight excluding hydrogens is 314 g/mol. The fraction of sp³-hybridized carbons (Fsp3) is 0.350. The van der Waals surface area contributed by atoms with E-state index in [0.717, 1.165) is 47.4 Å². The van der Waals surface area contributed by atoms with E-state index in [-0.39, 0.29) is 5.97 Å². The van der Waals surface area contributed by atoms with Gasteiger partial charge in [-0.05, 0) is 44.4 Å². The zero-order chi connectivity index (χ0) is 17.4. The molecule has 0 N–H and O–H groups in total. The molecule has 2 heterocycles. The van der Waals surface area contributed by atoms with Crippen LogP contribution in [0.2, 0.25) is 0 Å². The van der Waals surface area contributed by atoms with Crippen LogP contribution in [0.4, 0.5) is 0 Å². The molecule has 5 nitrogen and oxygen atoms in total. The predicted molar refractivity (Wildman–Crippen MR) is 96.2 cm³/mol. The summed E-state index contributed by atoms with van der Waals surface area (Å²) < 4.78 is 7.17. The smallest absolute Gasteiger partial charge is 0.339 e. The van der Waals surface area contributed by atoms with Crippen LogP contribution >= 0.6 is 0 Å². The van der Waals surface area contributed by atoms with Crippen molar-refractivity contribution in [3.8, 4) is 5.69 Å². The highest BCUT2D eigenvalue weighted by molar-refractivity contribution is 6.04. The number of para-hydroxylation sites is 1. The van der Waals surface area contributed by atoms with E-state index in [1.54, 1.807) is 0 Å². The molecule has 2 aromatic heterocycles. The number of aromatic nitrogens is 3. The molecule has 0 amide bonds. The van der Waals surface area contributed by atoms with Crippen LogP contribution < -0.4 is 0 Å². The molecule has 1 fully saturated rings. The van der Waals surface area contributed by atoms with Crippen molar-refractivity contribution < 1.29 is 9.53 Å². The van der Waals surface area contributed by atoms with E-state index in [2.05, 4.69) is 0 Å². The quantitative estimate of drug-likeness (QED) is 0.660. The van der Waals surface area contributed by atoms with Crippen LogP contribution in [0.25, 0.3) is 16.7 Å². The molecule has 0 saturated heterocycles. The van der Waals surface area contributed by atoms with Gasteiger partial charge in [0.25, 0.3) is 0 Å². The second kappa shape index (κ2) is 6.31. The Hall–Kier alpha value is -2.69. The lowest BCUT2D eigenvalue weighted by molar-refractivity contribution is 0.0528. The summed E-state index contributed by atoms with van der Waals surface area (Å²) in [6.45, 7) is 4.22. The molecule has 4 rings (SSSR count). The highest BCUT2D eigenvalue weighted by Crippen LogP contribution is 2.43. The fourth-order valence-corrected chi connectivity index (χ4v) is 3.14. The summed E-state index contributed by atoms with van der Waals surface area (Å²) in [5.74, 6) is 0.119. The van der Waals surface area contributed by atoms with Gasteiger partial charge in [0.15, 0.2) is 5.65 Å². The van der Waals surface area contributed by atoms with Gasteiger partial charge >= 0.3 is 5.97 Å². The molecule has 1 aromatic carbocycles. The van der Waals surface area contributed by atoms with Gasteiger partial charge in [0.05, 0.1) is 28.9 Å². The molecule has 3 aromatic rings. The summed E-state index contributed by atoms with van der Waals surface area (Å²) in [7, 11) is 0. The van der Waals surface area contributed by atoms with Gasteiger partial charge in [-0.25, -0.2) is 14.5 Å². The number of rotatable bonds is 5. The minimum absolute atomic E-state index is 0.292. The zero-order valence-electron chi connectivity index (χ0n) is 14.5. The SMILES string of the molecule is CCOC(=O)c1cc(CC)nc2c1c(C1CC1)nn2-c1ccccc1.